The van der Waals surface area contributed by atoms with Crippen LogP contribution < -0.4 is 4.74 Å². The molecule has 0 saturated heterocycles. The van der Waals surface area contributed by atoms with Crippen LogP contribution in [0.25, 0.3) is 10.9 Å². The Kier molecular flexibility index (Phi) is 3.23. The number of aryl methyl sites for hydroxylation is 1. The van der Waals surface area contributed by atoms with E-state index in [4.69, 9.17) is 4.74 Å². The number of para-hydroxylation sites is 1. The van der Waals surface area contributed by atoms with Crippen LogP contribution >= 0.6 is 0 Å². The minimum Gasteiger partial charge on any atom is -0.485 e. The highest BCUT2D eigenvalue weighted by atomic mass is 16.5. The van der Waals surface area contributed by atoms with Gasteiger partial charge in [-0.25, -0.2) is 4.79 Å². The van der Waals surface area contributed by atoms with Crippen molar-refractivity contribution in [1.29, 1.82) is 0 Å². The summed E-state index contributed by atoms with van der Waals surface area (Å²) in [6.07, 6.45) is 3.12. The smallest absolute Gasteiger partial charge is 0.340 e. The highest BCUT2D eigenvalue weighted by Crippen LogP contribution is 2.26. The Bertz CT molecular complexity index is 813. The lowest BCUT2D eigenvalue weighted by atomic mass is 10.1. The first-order valence-electron chi connectivity index (χ1n) is 6.24. The highest BCUT2D eigenvalue weighted by Gasteiger charge is 2.17. The Hall–Kier alpha value is -2.96. The molecule has 0 fully saturated rings. The summed E-state index contributed by atoms with van der Waals surface area (Å²) in [5.74, 6) is -0.838. The molecule has 0 spiro atoms. The summed E-state index contributed by atoms with van der Waals surface area (Å²) in [5.41, 5.74) is 1.33. The number of carboxylic acid groups (broad SMARTS) is 1. The number of nitrogens with zero attached hydrogens (tertiary/aromatic N) is 4. The fourth-order valence-electron chi connectivity index (χ4n) is 2.07. The zero-order chi connectivity index (χ0) is 14.8. The molecule has 106 valence electrons. The molecule has 1 N–H and O–H groups in total. The van der Waals surface area contributed by atoms with Gasteiger partial charge in [-0.2, -0.15) is 0 Å². The minimum absolute atomic E-state index is 0.101. The Morgan fingerprint density at radius 2 is 2.19 bits per heavy atom. The number of carboxylic acids is 1. The van der Waals surface area contributed by atoms with Gasteiger partial charge in [-0.15, -0.1) is 5.10 Å². The zero-order valence-electron chi connectivity index (χ0n) is 11.2. The first-order chi connectivity index (χ1) is 10.1. The van der Waals surface area contributed by atoms with Crippen LogP contribution in [0.3, 0.4) is 0 Å². The second-order valence-electron chi connectivity index (χ2n) is 4.49. The van der Waals surface area contributed by atoms with Gasteiger partial charge in [-0.1, -0.05) is 23.4 Å². The first kappa shape index (κ1) is 13.0. The normalized spacial score (nSPS) is 10.7. The minimum atomic E-state index is -1.05. The van der Waals surface area contributed by atoms with Gasteiger partial charge in [0.2, 0.25) is 0 Å². The molecule has 0 atom stereocenters. The fraction of sp³-hybridized carbons (Fsp3) is 0.143. The van der Waals surface area contributed by atoms with Crippen LogP contribution in [0.5, 0.6) is 5.75 Å². The van der Waals surface area contributed by atoms with Crippen LogP contribution in [0.15, 0.2) is 36.7 Å². The topological polar surface area (TPSA) is 90.1 Å². The molecule has 21 heavy (non-hydrogen) atoms. The third-order valence-corrected chi connectivity index (χ3v) is 2.98. The summed E-state index contributed by atoms with van der Waals surface area (Å²) in [6.45, 7) is 0.133. The Morgan fingerprint density at radius 3 is 2.90 bits per heavy atom. The number of fused-ring (bicyclic) bond motifs is 1. The van der Waals surface area contributed by atoms with Gasteiger partial charge in [0.15, 0.2) is 5.75 Å². The van der Waals surface area contributed by atoms with Crippen LogP contribution in [-0.4, -0.2) is 31.1 Å². The Labute approximate surface area is 119 Å². The van der Waals surface area contributed by atoms with Gasteiger partial charge >= 0.3 is 5.97 Å². The van der Waals surface area contributed by atoms with Gasteiger partial charge in [0.25, 0.3) is 0 Å². The zero-order valence-corrected chi connectivity index (χ0v) is 11.2. The predicted molar refractivity (Wildman–Crippen MR) is 74.0 cm³/mol. The van der Waals surface area contributed by atoms with E-state index in [0.29, 0.717) is 16.6 Å². The lowest BCUT2D eigenvalue weighted by Crippen LogP contribution is -2.05. The summed E-state index contributed by atoms with van der Waals surface area (Å²) >= 11 is 0. The molecule has 7 heteroatoms. The number of rotatable bonds is 4. The van der Waals surface area contributed by atoms with Gasteiger partial charge in [-0.05, 0) is 6.07 Å². The third kappa shape index (κ3) is 2.53. The maximum absolute atomic E-state index is 11.5. The van der Waals surface area contributed by atoms with E-state index in [1.807, 2.05) is 0 Å². The summed E-state index contributed by atoms with van der Waals surface area (Å²) in [4.78, 5) is 15.7. The van der Waals surface area contributed by atoms with Gasteiger partial charge in [0.1, 0.15) is 17.9 Å². The lowest BCUT2D eigenvalue weighted by molar-refractivity contribution is 0.0694. The average Bonchev–Trinajstić information content (AvgIpc) is 2.89. The first-order valence-corrected chi connectivity index (χ1v) is 6.24. The maximum Gasteiger partial charge on any atom is 0.340 e. The van der Waals surface area contributed by atoms with Crippen molar-refractivity contribution >= 4 is 16.9 Å². The van der Waals surface area contributed by atoms with Crippen molar-refractivity contribution in [2.24, 2.45) is 7.05 Å². The molecule has 0 unspecified atom stereocenters. The molecule has 0 bridgehead atoms. The molecule has 2 aromatic heterocycles. The van der Waals surface area contributed by atoms with Gasteiger partial charge in [-0.3, -0.25) is 9.67 Å². The second-order valence-corrected chi connectivity index (χ2v) is 4.49. The molecule has 2 heterocycles. The Balaban J connectivity index is 1.97. The maximum atomic E-state index is 11.5. The van der Waals surface area contributed by atoms with E-state index >= 15 is 0 Å². The lowest BCUT2D eigenvalue weighted by Gasteiger charge is -2.09. The Morgan fingerprint density at radius 1 is 1.38 bits per heavy atom. The van der Waals surface area contributed by atoms with E-state index in [1.54, 1.807) is 42.2 Å². The van der Waals surface area contributed by atoms with Crippen LogP contribution in [0.4, 0.5) is 0 Å². The molecule has 3 rings (SSSR count). The fourth-order valence-corrected chi connectivity index (χ4v) is 2.07. The molecule has 7 nitrogen and oxygen atoms in total. The largest absolute Gasteiger partial charge is 0.485 e. The molecule has 0 aliphatic heterocycles. The van der Waals surface area contributed by atoms with Crippen molar-refractivity contribution in [1.82, 2.24) is 20.0 Å². The van der Waals surface area contributed by atoms with E-state index in [-0.39, 0.29) is 17.9 Å². The molecular formula is C14H12N4O3. The summed E-state index contributed by atoms with van der Waals surface area (Å²) in [6, 6.07) is 7.04. The SMILES string of the molecule is Cn1cc(COc2cnc3ccccc3c2C(=O)O)nn1. The molecule has 1 aromatic carbocycles. The summed E-state index contributed by atoms with van der Waals surface area (Å²) in [5, 5.41) is 17.6. The van der Waals surface area contributed by atoms with Crippen molar-refractivity contribution < 1.29 is 14.6 Å². The number of benzene rings is 1. The number of aromatic carboxylic acids is 1. The molecule has 0 saturated carbocycles. The molecule has 3 aromatic rings. The van der Waals surface area contributed by atoms with Gasteiger partial charge in [0.05, 0.1) is 17.9 Å². The molecule has 0 radical (unpaired) electrons. The van der Waals surface area contributed by atoms with E-state index in [1.165, 1.54) is 6.20 Å². The standard InChI is InChI=1S/C14H12N4O3/c1-18-7-9(16-17-18)8-21-12-6-15-11-5-3-2-4-10(11)13(12)14(19)20/h2-7H,8H2,1H3,(H,19,20). The van der Waals surface area contributed by atoms with Crippen molar-refractivity contribution in [3.8, 4) is 5.75 Å². The van der Waals surface area contributed by atoms with Crippen LogP contribution in [0.2, 0.25) is 0 Å². The van der Waals surface area contributed by atoms with Crippen LogP contribution in [-0.2, 0) is 13.7 Å². The van der Waals surface area contributed by atoms with Crippen molar-refractivity contribution in [2.45, 2.75) is 6.61 Å². The summed E-state index contributed by atoms with van der Waals surface area (Å²) < 4.78 is 7.10. The van der Waals surface area contributed by atoms with Crippen molar-refractivity contribution in [2.75, 3.05) is 0 Å². The van der Waals surface area contributed by atoms with Gasteiger partial charge in [0, 0.05) is 12.4 Å². The van der Waals surface area contributed by atoms with Crippen molar-refractivity contribution in [3.63, 3.8) is 0 Å². The second kappa shape index (κ2) is 5.20. The highest BCUT2D eigenvalue weighted by molar-refractivity contribution is 6.04. The molecular weight excluding hydrogens is 272 g/mol. The number of hydrogen-bond donors (Lipinski definition) is 1. The third-order valence-electron chi connectivity index (χ3n) is 2.98. The van der Waals surface area contributed by atoms with E-state index < -0.39 is 5.97 Å². The number of ether oxygens (including phenoxy) is 1. The van der Waals surface area contributed by atoms with Crippen molar-refractivity contribution in [3.05, 3.63) is 47.9 Å². The number of pyridine rings is 1. The van der Waals surface area contributed by atoms with Crippen LogP contribution in [0, 0.1) is 0 Å². The number of hydrogen-bond acceptors (Lipinski definition) is 5. The van der Waals surface area contributed by atoms with Gasteiger partial charge < -0.3 is 9.84 Å². The molecule has 0 amide bonds. The monoisotopic (exact) mass is 284 g/mol. The van der Waals surface area contributed by atoms with Crippen LogP contribution in [0.1, 0.15) is 16.1 Å². The number of aromatic nitrogens is 4. The quantitative estimate of drug-likeness (QED) is 0.783. The molecule has 0 aliphatic carbocycles. The number of carbonyl (C=O) groups is 1. The predicted octanol–water partition coefficient (Wildman–Crippen LogP) is 1.64. The van der Waals surface area contributed by atoms with E-state index in [2.05, 4.69) is 15.3 Å². The van der Waals surface area contributed by atoms with E-state index in [0.717, 1.165) is 0 Å². The van der Waals surface area contributed by atoms with E-state index in [9.17, 15) is 9.90 Å². The average molecular weight is 284 g/mol. The summed E-state index contributed by atoms with van der Waals surface area (Å²) in [7, 11) is 1.75. The molecule has 0 aliphatic rings.